The smallest absolute Gasteiger partial charge is 0.258 e. The Morgan fingerprint density at radius 1 is 0.826 bits per heavy atom. The third-order valence-electron chi connectivity index (χ3n) is 3.75. The number of nitrogens with zero attached hydrogens (tertiary/aromatic N) is 2. The molecular formula is C19H14N2O2. The second-order valence-electron chi connectivity index (χ2n) is 5.22. The molecule has 1 aromatic heterocycles. The molecule has 4 aromatic rings. The van der Waals surface area contributed by atoms with Gasteiger partial charge in [-0.2, -0.15) is 4.98 Å². The second kappa shape index (κ2) is 5.57. The van der Waals surface area contributed by atoms with Gasteiger partial charge in [0, 0.05) is 11.1 Å². The molecule has 112 valence electrons. The first-order valence-corrected chi connectivity index (χ1v) is 7.31. The predicted octanol–water partition coefficient (Wildman–Crippen LogP) is 4.57. The van der Waals surface area contributed by atoms with Crippen molar-refractivity contribution in [3.05, 3.63) is 66.7 Å². The summed E-state index contributed by atoms with van der Waals surface area (Å²) in [6, 6.07) is 21.9. The fraction of sp³-hybridized carbons (Fsp3) is 0.0526. The van der Waals surface area contributed by atoms with Crippen molar-refractivity contribution in [3.8, 4) is 28.6 Å². The zero-order valence-electron chi connectivity index (χ0n) is 12.6. The van der Waals surface area contributed by atoms with Crippen molar-refractivity contribution < 1.29 is 9.26 Å². The predicted molar refractivity (Wildman–Crippen MR) is 89.2 cm³/mol. The van der Waals surface area contributed by atoms with Gasteiger partial charge in [-0.15, -0.1) is 0 Å². The molecule has 0 atom stereocenters. The maximum Gasteiger partial charge on any atom is 0.258 e. The summed E-state index contributed by atoms with van der Waals surface area (Å²) in [5, 5.41) is 6.41. The lowest BCUT2D eigenvalue weighted by Gasteiger charge is -2.00. The highest BCUT2D eigenvalue weighted by molar-refractivity contribution is 5.86. The van der Waals surface area contributed by atoms with Gasteiger partial charge < -0.3 is 9.26 Å². The van der Waals surface area contributed by atoms with Gasteiger partial charge in [0.1, 0.15) is 5.75 Å². The molecule has 23 heavy (non-hydrogen) atoms. The monoisotopic (exact) mass is 302 g/mol. The number of methoxy groups -OCH3 is 1. The Morgan fingerprint density at radius 2 is 1.70 bits per heavy atom. The molecule has 1 heterocycles. The van der Waals surface area contributed by atoms with Crippen LogP contribution >= 0.6 is 0 Å². The van der Waals surface area contributed by atoms with E-state index in [0.29, 0.717) is 11.7 Å². The molecule has 3 aromatic carbocycles. The van der Waals surface area contributed by atoms with Crippen LogP contribution in [0.1, 0.15) is 0 Å². The van der Waals surface area contributed by atoms with Gasteiger partial charge in [0.25, 0.3) is 5.89 Å². The molecule has 0 unspecified atom stereocenters. The molecule has 0 aliphatic rings. The quantitative estimate of drug-likeness (QED) is 0.556. The molecule has 0 aliphatic carbocycles. The number of fused-ring (bicyclic) bond motifs is 1. The van der Waals surface area contributed by atoms with Gasteiger partial charge in [-0.1, -0.05) is 47.6 Å². The molecule has 0 saturated carbocycles. The molecule has 0 aliphatic heterocycles. The minimum atomic E-state index is 0.508. The molecule has 0 spiro atoms. The van der Waals surface area contributed by atoms with E-state index < -0.39 is 0 Å². The number of rotatable bonds is 3. The van der Waals surface area contributed by atoms with Crippen LogP contribution in [0.25, 0.3) is 33.6 Å². The Balaban J connectivity index is 1.73. The summed E-state index contributed by atoms with van der Waals surface area (Å²) in [5.74, 6) is 1.82. The summed E-state index contributed by atoms with van der Waals surface area (Å²) in [6.45, 7) is 0. The highest BCUT2D eigenvalue weighted by Crippen LogP contribution is 2.26. The van der Waals surface area contributed by atoms with Gasteiger partial charge in [-0.25, -0.2) is 0 Å². The number of aromatic nitrogens is 2. The molecular weight excluding hydrogens is 288 g/mol. The lowest BCUT2D eigenvalue weighted by atomic mass is 10.1. The fourth-order valence-corrected chi connectivity index (χ4v) is 2.54. The van der Waals surface area contributed by atoms with Crippen LogP contribution in [0.2, 0.25) is 0 Å². The second-order valence-corrected chi connectivity index (χ2v) is 5.22. The first-order chi connectivity index (χ1) is 11.3. The zero-order valence-corrected chi connectivity index (χ0v) is 12.6. The molecule has 4 rings (SSSR count). The zero-order chi connectivity index (χ0) is 15.6. The van der Waals surface area contributed by atoms with E-state index in [1.807, 2.05) is 42.5 Å². The van der Waals surface area contributed by atoms with Crippen LogP contribution in [0, 0.1) is 0 Å². The normalized spacial score (nSPS) is 10.8. The third kappa shape index (κ3) is 2.55. The van der Waals surface area contributed by atoms with Gasteiger partial charge in [0.2, 0.25) is 5.82 Å². The molecule has 4 heteroatoms. The maximum absolute atomic E-state index is 5.43. The van der Waals surface area contributed by atoms with E-state index in [4.69, 9.17) is 9.26 Å². The number of hydrogen-bond donors (Lipinski definition) is 0. The van der Waals surface area contributed by atoms with E-state index in [0.717, 1.165) is 22.3 Å². The van der Waals surface area contributed by atoms with E-state index in [-0.39, 0.29) is 0 Å². The van der Waals surface area contributed by atoms with E-state index >= 15 is 0 Å². The molecule has 0 bridgehead atoms. The summed E-state index contributed by atoms with van der Waals surface area (Å²) in [4.78, 5) is 4.50. The average molecular weight is 302 g/mol. The molecule has 0 fully saturated rings. The Hall–Kier alpha value is -3.14. The number of benzene rings is 3. The third-order valence-corrected chi connectivity index (χ3v) is 3.75. The Bertz CT molecular complexity index is 976. The average Bonchev–Trinajstić information content (AvgIpc) is 3.11. The standard InChI is InChI=1S/C19H14N2O2/c1-22-17-8-4-7-15(12-17)18-20-19(23-21-18)16-10-9-13-5-2-3-6-14(13)11-16/h2-12H,1H3. The summed E-state index contributed by atoms with van der Waals surface area (Å²) in [5.41, 5.74) is 1.77. The summed E-state index contributed by atoms with van der Waals surface area (Å²) in [7, 11) is 1.63. The molecule has 0 amide bonds. The summed E-state index contributed by atoms with van der Waals surface area (Å²) < 4.78 is 10.7. The van der Waals surface area contributed by atoms with Crippen LogP contribution in [-0.2, 0) is 0 Å². The van der Waals surface area contributed by atoms with Crippen LogP contribution in [0.3, 0.4) is 0 Å². The van der Waals surface area contributed by atoms with E-state index in [2.05, 4.69) is 34.4 Å². The van der Waals surface area contributed by atoms with Gasteiger partial charge in [0.05, 0.1) is 7.11 Å². The van der Waals surface area contributed by atoms with Crippen molar-refractivity contribution in [1.82, 2.24) is 10.1 Å². The SMILES string of the molecule is COc1cccc(-c2noc(-c3ccc4ccccc4c3)n2)c1. The minimum Gasteiger partial charge on any atom is -0.497 e. The van der Waals surface area contributed by atoms with Crippen LogP contribution in [0.4, 0.5) is 0 Å². The minimum absolute atomic E-state index is 0.508. The van der Waals surface area contributed by atoms with E-state index in [1.54, 1.807) is 7.11 Å². The molecule has 4 nitrogen and oxygen atoms in total. The van der Waals surface area contributed by atoms with Crippen LogP contribution < -0.4 is 4.74 Å². The van der Waals surface area contributed by atoms with Crippen molar-refractivity contribution in [2.75, 3.05) is 7.11 Å². The van der Waals surface area contributed by atoms with Crippen LogP contribution in [-0.4, -0.2) is 17.3 Å². The lowest BCUT2D eigenvalue weighted by Crippen LogP contribution is -1.85. The maximum atomic E-state index is 5.43. The highest BCUT2D eigenvalue weighted by Gasteiger charge is 2.11. The Kier molecular flexibility index (Phi) is 3.27. The largest absolute Gasteiger partial charge is 0.497 e. The summed E-state index contributed by atoms with van der Waals surface area (Å²) in [6.07, 6.45) is 0. The molecule has 0 N–H and O–H groups in total. The molecule has 0 saturated heterocycles. The van der Waals surface area contributed by atoms with Crippen molar-refractivity contribution in [2.24, 2.45) is 0 Å². The lowest BCUT2D eigenvalue weighted by molar-refractivity contribution is 0.414. The van der Waals surface area contributed by atoms with Gasteiger partial charge >= 0.3 is 0 Å². The van der Waals surface area contributed by atoms with Crippen LogP contribution in [0.5, 0.6) is 5.75 Å². The fourth-order valence-electron chi connectivity index (χ4n) is 2.54. The van der Waals surface area contributed by atoms with E-state index in [9.17, 15) is 0 Å². The summed E-state index contributed by atoms with van der Waals surface area (Å²) >= 11 is 0. The van der Waals surface area contributed by atoms with Crippen molar-refractivity contribution in [1.29, 1.82) is 0 Å². The van der Waals surface area contributed by atoms with Gasteiger partial charge in [-0.3, -0.25) is 0 Å². The number of ether oxygens (including phenoxy) is 1. The van der Waals surface area contributed by atoms with Crippen molar-refractivity contribution >= 4 is 10.8 Å². The van der Waals surface area contributed by atoms with Crippen LogP contribution in [0.15, 0.2) is 71.3 Å². The Labute approximate surface area is 133 Å². The first-order valence-electron chi connectivity index (χ1n) is 7.31. The first kappa shape index (κ1) is 13.5. The number of hydrogen-bond acceptors (Lipinski definition) is 4. The van der Waals surface area contributed by atoms with E-state index in [1.165, 1.54) is 5.39 Å². The Morgan fingerprint density at radius 3 is 2.57 bits per heavy atom. The van der Waals surface area contributed by atoms with Gasteiger partial charge in [-0.05, 0) is 35.0 Å². The highest BCUT2D eigenvalue weighted by atomic mass is 16.5. The molecule has 0 radical (unpaired) electrons. The topological polar surface area (TPSA) is 48.2 Å². The van der Waals surface area contributed by atoms with Gasteiger partial charge in [0.15, 0.2) is 0 Å². The van der Waals surface area contributed by atoms with Crippen molar-refractivity contribution in [3.63, 3.8) is 0 Å². The van der Waals surface area contributed by atoms with Crippen molar-refractivity contribution in [2.45, 2.75) is 0 Å².